The lowest BCUT2D eigenvalue weighted by Crippen LogP contribution is -2.33. The molecule has 6 heteroatoms. The van der Waals surface area contributed by atoms with Crippen molar-refractivity contribution in [1.29, 1.82) is 0 Å². The van der Waals surface area contributed by atoms with Crippen LogP contribution in [0.3, 0.4) is 0 Å². The van der Waals surface area contributed by atoms with E-state index in [2.05, 4.69) is 14.9 Å². The molecule has 0 N–H and O–H groups in total. The number of nitrogens with zero attached hydrogens (tertiary/aromatic N) is 3. The van der Waals surface area contributed by atoms with E-state index in [4.69, 9.17) is 0 Å². The summed E-state index contributed by atoms with van der Waals surface area (Å²) in [5.41, 5.74) is 2.77. The van der Waals surface area contributed by atoms with E-state index in [0.717, 1.165) is 28.8 Å². The number of aromatic nitrogens is 1. The van der Waals surface area contributed by atoms with Crippen LogP contribution in [0.5, 0.6) is 0 Å². The van der Waals surface area contributed by atoms with E-state index in [-0.39, 0.29) is 5.91 Å². The van der Waals surface area contributed by atoms with E-state index in [1.807, 2.05) is 13.0 Å². The van der Waals surface area contributed by atoms with Gasteiger partial charge in [-0.15, -0.1) is 11.3 Å². The first-order valence-electron chi connectivity index (χ1n) is 6.41. The van der Waals surface area contributed by atoms with Gasteiger partial charge in [0, 0.05) is 13.1 Å². The summed E-state index contributed by atoms with van der Waals surface area (Å²) >= 11 is 3.06. The fraction of sp³-hybridized carbons (Fsp3) is 0.462. The number of likely N-dealkylation sites (tertiary alicyclic amines) is 1. The maximum absolute atomic E-state index is 11.9. The van der Waals surface area contributed by atoms with Crippen molar-refractivity contribution >= 4 is 40.2 Å². The van der Waals surface area contributed by atoms with Crippen molar-refractivity contribution in [3.8, 4) is 0 Å². The molecule has 2 aliphatic rings. The van der Waals surface area contributed by atoms with Gasteiger partial charge in [0.2, 0.25) is 0 Å². The van der Waals surface area contributed by atoms with Crippen molar-refractivity contribution in [2.24, 2.45) is 4.99 Å². The molecule has 1 aromatic heterocycles. The minimum Gasteiger partial charge on any atom is -0.351 e. The Morgan fingerprint density at radius 3 is 2.79 bits per heavy atom. The molecule has 0 bridgehead atoms. The van der Waals surface area contributed by atoms with Crippen LogP contribution < -0.4 is 0 Å². The van der Waals surface area contributed by atoms with Crippen LogP contribution in [0.2, 0.25) is 0 Å². The fourth-order valence-corrected chi connectivity index (χ4v) is 3.94. The van der Waals surface area contributed by atoms with Crippen LogP contribution in [0.15, 0.2) is 15.4 Å². The van der Waals surface area contributed by atoms with Crippen molar-refractivity contribution in [2.45, 2.75) is 26.2 Å². The van der Waals surface area contributed by atoms with Gasteiger partial charge in [0.25, 0.3) is 5.91 Å². The van der Waals surface area contributed by atoms with Gasteiger partial charge in [0.1, 0.15) is 0 Å². The lowest BCUT2D eigenvalue weighted by molar-refractivity contribution is -0.113. The molecule has 0 unspecified atom stereocenters. The number of carbonyl (C=O) groups excluding carboxylic acids is 1. The number of carbonyl (C=O) groups is 1. The molecule has 100 valence electrons. The molecule has 0 aliphatic carbocycles. The Labute approximate surface area is 120 Å². The van der Waals surface area contributed by atoms with Gasteiger partial charge in [0.05, 0.1) is 21.0 Å². The third-order valence-corrected chi connectivity index (χ3v) is 5.20. The number of aliphatic imine (C=N–C) groups is 1. The van der Waals surface area contributed by atoms with Gasteiger partial charge in [-0.2, -0.15) is 4.99 Å². The van der Waals surface area contributed by atoms with Gasteiger partial charge in [0.15, 0.2) is 5.17 Å². The lowest BCUT2D eigenvalue weighted by atomic mass is 10.1. The average molecular weight is 293 g/mol. The molecule has 1 aromatic rings. The predicted octanol–water partition coefficient (Wildman–Crippen LogP) is 2.91. The van der Waals surface area contributed by atoms with E-state index in [0.29, 0.717) is 4.91 Å². The highest BCUT2D eigenvalue weighted by atomic mass is 32.2. The third kappa shape index (κ3) is 2.74. The largest absolute Gasteiger partial charge is 0.351 e. The van der Waals surface area contributed by atoms with E-state index in [9.17, 15) is 4.79 Å². The molecule has 0 radical (unpaired) electrons. The van der Waals surface area contributed by atoms with Crippen LogP contribution in [0.25, 0.3) is 6.08 Å². The molecule has 19 heavy (non-hydrogen) atoms. The van der Waals surface area contributed by atoms with Gasteiger partial charge in [-0.05, 0) is 44.0 Å². The number of hydrogen-bond acceptors (Lipinski definition) is 5. The van der Waals surface area contributed by atoms with Gasteiger partial charge in [-0.25, -0.2) is 4.98 Å². The Kier molecular flexibility index (Phi) is 3.70. The Morgan fingerprint density at radius 2 is 2.11 bits per heavy atom. The smallest absolute Gasteiger partial charge is 0.286 e. The van der Waals surface area contributed by atoms with Crippen LogP contribution in [-0.4, -0.2) is 34.0 Å². The molecule has 2 aliphatic heterocycles. The first-order valence-corrected chi connectivity index (χ1v) is 8.11. The van der Waals surface area contributed by atoms with E-state index >= 15 is 0 Å². The van der Waals surface area contributed by atoms with Gasteiger partial charge < -0.3 is 4.90 Å². The fourth-order valence-electron chi connectivity index (χ4n) is 2.19. The molecule has 3 rings (SSSR count). The SMILES string of the molecule is Cc1ncsc1/C=C1\SC(N2CCCCC2)=NC1=O. The van der Waals surface area contributed by atoms with Crippen LogP contribution >= 0.6 is 23.1 Å². The quantitative estimate of drug-likeness (QED) is 0.747. The summed E-state index contributed by atoms with van der Waals surface area (Å²) in [4.78, 5) is 24.3. The highest BCUT2D eigenvalue weighted by Gasteiger charge is 2.27. The summed E-state index contributed by atoms with van der Waals surface area (Å²) in [7, 11) is 0. The highest BCUT2D eigenvalue weighted by Crippen LogP contribution is 2.32. The number of piperidine rings is 1. The molecule has 4 nitrogen and oxygen atoms in total. The summed E-state index contributed by atoms with van der Waals surface area (Å²) in [6.45, 7) is 4.00. The van der Waals surface area contributed by atoms with Crippen LogP contribution in [0.1, 0.15) is 29.8 Å². The molecule has 3 heterocycles. The minimum atomic E-state index is -0.113. The Balaban J connectivity index is 1.76. The summed E-state index contributed by atoms with van der Waals surface area (Å²) in [5, 5.41) is 0.873. The molecule has 1 saturated heterocycles. The molecule has 0 saturated carbocycles. The summed E-state index contributed by atoms with van der Waals surface area (Å²) in [6, 6.07) is 0. The van der Waals surface area contributed by atoms with Gasteiger partial charge in [-0.1, -0.05) is 0 Å². The normalized spacial score (nSPS) is 22.2. The zero-order valence-electron chi connectivity index (χ0n) is 10.8. The maximum atomic E-state index is 11.9. The van der Waals surface area contributed by atoms with Gasteiger partial charge >= 0.3 is 0 Å². The predicted molar refractivity (Wildman–Crippen MR) is 80.3 cm³/mol. The molecule has 0 spiro atoms. The zero-order chi connectivity index (χ0) is 13.2. The second kappa shape index (κ2) is 5.46. The van der Waals surface area contributed by atoms with E-state index < -0.39 is 0 Å². The number of aryl methyl sites for hydroxylation is 1. The highest BCUT2D eigenvalue weighted by molar-refractivity contribution is 8.18. The number of amides is 1. The summed E-state index contributed by atoms with van der Waals surface area (Å²) in [6.07, 6.45) is 5.59. The molecule has 1 fully saturated rings. The second-order valence-electron chi connectivity index (χ2n) is 4.66. The number of hydrogen-bond donors (Lipinski definition) is 0. The monoisotopic (exact) mass is 293 g/mol. The van der Waals surface area contributed by atoms with Crippen molar-refractivity contribution < 1.29 is 4.79 Å². The van der Waals surface area contributed by atoms with Crippen molar-refractivity contribution in [1.82, 2.24) is 9.88 Å². The standard InChI is InChI=1S/C13H15N3OS2/c1-9-10(18-8-14-9)7-11-12(17)15-13(19-11)16-5-3-2-4-6-16/h7-8H,2-6H2,1H3/b11-7-. The summed E-state index contributed by atoms with van der Waals surface area (Å²) in [5.74, 6) is -0.113. The van der Waals surface area contributed by atoms with Crippen molar-refractivity contribution in [2.75, 3.05) is 13.1 Å². The van der Waals surface area contributed by atoms with E-state index in [1.165, 1.54) is 31.0 Å². The lowest BCUT2D eigenvalue weighted by Gasteiger charge is -2.27. The molecular weight excluding hydrogens is 278 g/mol. The van der Waals surface area contributed by atoms with Gasteiger partial charge in [-0.3, -0.25) is 4.79 Å². The number of amidine groups is 1. The van der Waals surface area contributed by atoms with E-state index in [1.54, 1.807) is 16.8 Å². The molecular formula is C13H15N3OS2. The Hall–Kier alpha value is -1.14. The van der Waals surface area contributed by atoms with Crippen LogP contribution in [0.4, 0.5) is 0 Å². The Bertz CT molecular complexity index is 556. The second-order valence-corrected chi connectivity index (χ2v) is 6.56. The number of thioether (sulfide) groups is 1. The number of thiazole rings is 1. The van der Waals surface area contributed by atoms with Crippen molar-refractivity contribution in [3.05, 3.63) is 21.0 Å². The minimum absolute atomic E-state index is 0.113. The third-order valence-electron chi connectivity index (χ3n) is 3.28. The summed E-state index contributed by atoms with van der Waals surface area (Å²) < 4.78 is 0. The maximum Gasteiger partial charge on any atom is 0.286 e. The average Bonchev–Trinajstić information content (AvgIpc) is 2.99. The van der Waals surface area contributed by atoms with Crippen LogP contribution in [-0.2, 0) is 4.79 Å². The number of rotatable bonds is 1. The first kappa shape index (κ1) is 12.9. The van der Waals surface area contributed by atoms with Crippen molar-refractivity contribution in [3.63, 3.8) is 0 Å². The molecule has 0 aromatic carbocycles. The zero-order valence-corrected chi connectivity index (χ0v) is 12.4. The molecule has 0 atom stereocenters. The Morgan fingerprint density at radius 1 is 1.32 bits per heavy atom. The van der Waals surface area contributed by atoms with Crippen LogP contribution in [0, 0.1) is 6.92 Å². The topological polar surface area (TPSA) is 45.6 Å². The molecule has 1 amide bonds. The first-order chi connectivity index (χ1) is 9.24.